The maximum atomic E-state index is 12.4. The third-order valence-electron chi connectivity index (χ3n) is 4.45. The van der Waals surface area contributed by atoms with Crippen molar-refractivity contribution in [2.24, 2.45) is 7.05 Å². The number of nitrogens with zero attached hydrogens (tertiary/aromatic N) is 4. The number of nitrogens with one attached hydrogen (secondary N) is 1. The minimum Gasteiger partial charge on any atom is -0.378 e. The fraction of sp³-hybridized carbons (Fsp3) is 0.474. The van der Waals surface area contributed by atoms with Crippen LogP contribution in [0, 0.1) is 13.8 Å². The van der Waals surface area contributed by atoms with E-state index in [-0.39, 0.29) is 5.91 Å². The maximum Gasteiger partial charge on any atom is 0.238 e. The first-order valence-corrected chi connectivity index (χ1v) is 8.60. The molecule has 1 aromatic heterocycles. The number of rotatable bonds is 7. The van der Waals surface area contributed by atoms with Crippen LogP contribution < -0.4 is 10.2 Å². The molecule has 0 atom stereocenters. The molecule has 1 heterocycles. The van der Waals surface area contributed by atoms with Crippen molar-refractivity contribution in [2.75, 3.05) is 37.4 Å². The van der Waals surface area contributed by atoms with Gasteiger partial charge in [-0.15, -0.1) is 0 Å². The van der Waals surface area contributed by atoms with Crippen molar-refractivity contribution in [1.29, 1.82) is 0 Å². The van der Waals surface area contributed by atoms with Gasteiger partial charge < -0.3 is 10.2 Å². The number of anilines is 2. The van der Waals surface area contributed by atoms with Gasteiger partial charge in [0.05, 0.1) is 23.6 Å². The van der Waals surface area contributed by atoms with Gasteiger partial charge >= 0.3 is 0 Å². The summed E-state index contributed by atoms with van der Waals surface area (Å²) < 4.78 is 1.79. The van der Waals surface area contributed by atoms with E-state index >= 15 is 0 Å². The van der Waals surface area contributed by atoms with Crippen LogP contribution in [0.3, 0.4) is 0 Å². The van der Waals surface area contributed by atoms with Crippen LogP contribution >= 0.6 is 0 Å². The Morgan fingerprint density at radius 3 is 2.32 bits per heavy atom. The highest BCUT2D eigenvalue weighted by molar-refractivity contribution is 5.93. The average molecular weight is 343 g/mol. The molecule has 0 fully saturated rings. The SMILES string of the molecule is CCN(CC(=O)Nc1c(C)nn(C)c1C)Cc1ccc(N(C)C)cc1. The number of aryl methyl sites for hydroxylation is 2. The predicted octanol–water partition coefficient (Wildman–Crippen LogP) is 2.56. The van der Waals surface area contributed by atoms with E-state index < -0.39 is 0 Å². The van der Waals surface area contributed by atoms with Crippen LogP contribution in [0.1, 0.15) is 23.9 Å². The van der Waals surface area contributed by atoms with Crippen molar-refractivity contribution in [2.45, 2.75) is 27.3 Å². The van der Waals surface area contributed by atoms with Gasteiger partial charge in [-0.05, 0) is 38.1 Å². The summed E-state index contributed by atoms with van der Waals surface area (Å²) in [6.07, 6.45) is 0. The molecular formula is C19H29N5O. The normalized spacial score (nSPS) is 11.0. The molecule has 0 saturated heterocycles. The van der Waals surface area contributed by atoms with Gasteiger partial charge in [0.2, 0.25) is 5.91 Å². The Morgan fingerprint density at radius 2 is 1.84 bits per heavy atom. The Balaban J connectivity index is 1.97. The molecule has 1 aromatic carbocycles. The molecule has 0 aliphatic heterocycles. The van der Waals surface area contributed by atoms with Crippen molar-refractivity contribution in [3.8, 4) is 0 Å². The lowest BCUT2D eigenvalue weighted by molar-refractivity contribution is -0.117. The lowest BCUT2D eigenvalue weighted by Gasteiger charge is -2.20. The Hall–Kier alpha value is -2.34. The first-order chi connectivity index (χ1) is 11.8. The number of carbonyl (C=O) groups is 1. The molecule has 0 spiro atoms. The Kier molecular flexibility index (Phi) is 6.20. The Morgan fingerprint density at radius 1 is 1.20 bits per heavy atom. The topological polar surface area (TPSA) is 53.4 Å². The van der Waals surface area contributed by atoms with Crippen molar-refractivity contribution < 1.29 is 4.79 Å². The summed E-state index contributed by atoms with van der Waals surface area (Å²) in [5, 5.41) is 7.34. The molecule has 136 valence electrons. The molecule has 25 heavy (non-hydrogen) atoms. The largest absolute Gasteiger partial charge is 0.378 e. The van der Waals surface area contributed by atoms with Gasteiger partial charge in [0.1, 0.15) is 0 Å². The molecule has 0 aliphatic rings. The maximum absolute atomic E-state index is 12.4. The second kappa shape index (κ2) is 8.16. The lowest BCUT2D eigenvalue weighted by Crippen LogP contribution is -2.33. The van der Waals surface area contributed by atoms with E-state index in [2.05, 4.69) is 51.4 Å². The molecule has 0 aliphatic carbocycles. The highest BCUT2D eigenvalue weighted by Crippen LogP contribution is 2.18. The number of amides is 1. The van der Waals surface area contributed by atoms with Crippen molar-refractivity contribution >= 4 is 17.3 Å². The van der Waals surface area contributed by atoms with E-state index in [1.165, 1.54) is 11.3 Å². The Bertz CT molecular complexity index is 718. The fourth-order valence-corrected chi connectivity index (χ4v) is 2.77. The molecule has 2 rings (SSSR count). The van der Waals surface area contributed by atoms with Gasteiger partial charge in [-0.2, -0.15) is 5.10 Å². The monoisotopic (exact) mass is 343 g/mol. The summed E-state index contributed by atoms with van der Waals surface area (Å²) in [5.74, 6) is -0.00837. The summed E-state index contributed by atoms with van der Waals surface area (Å²) in [4.78, 5) is 16.6. The van der Waals surface area contributed by atoms with Gasteiger partial charge in [-0.25, -0.2) is 0 Å². The van der Waals surface area contributed by atoms with Gasteiger partial charge in [-0.1, -0.05) is 19.1 Å². The molecule has 6 heteroatoms. The highest BCUT2D eigenvalue weighted by atomic mass is 16.2. The first-order valence-electron chi connectivity index (χ1n) is 8.60. The number of aromatic nitrogens is 2. The zero-order chi connectivity index (χ0) is 18.6. The summed E-state index contributed by atoms with van der Waals surface area (Å²) in [5.41, 5.74) is 5.00. The van der Waals surface area contributed by atoms with E-state index in [0.717, 1.165) is 30.2 Å². The summed E-state index contributed by atoms with van der Waals surface area (Å²) >= 11 is 0. The minimum absolute atomic E-state index is 0.00837. The standard InChI is InChI=1S/C19H29N5O/c1-7-24(12-16-8-10-17(11-9-16)22(4)5)13-18(25)20-19-14(2)21-23(6)15(19)3/h8-11H,7,12-13H2,1-6H3,(H,20,25). The lowest BCUT2D eigenvalue weighted by atomic mass is 10.2. The second-order valence-corrected chi connectivity index (χ2v) is 6.58. The van der Waals surface area contributed by atoms with Crippen LogP contribution in [0.2, 0.25) is 0 Å². The van der Waals surface area contributed by atoms with E-state index in [0.29, 0.717) is 6.54 Å². The summed E-state index contributed by atoms with van der Waals surface area (Å²) in [6, 6.07) is 8.44. The molecule has 0 unspecified atom stereocenters. The number of carbonyl (C=O) groups excluding carboxylic acids is 1. The van der Waals surface area contributed by atoms with Crippen LogP contribution in [-0.2, 0) is 18.4 Å². The zero-order valence-electron chi connectivity index (χ0n) is 16.1. The van der Waals surface area contributed by atoms with Crippen molar-refractivity contribution in [3.05, 3.63) is 41.2 Å². The van der Waals surface area contributed by atoms with Crippen molar-refractivity contribution in [3.63, 3.8) is 0 Å². The molecular weight excluding hydrogens is 314 g/mol. The first kappa shape index (κ1) is 19.0. The molecule has 0 bridgehead atoms. The van der Waals surface area contributed by atoms with Crippen LogP contribution in [0.15, 0.2) is 24.3 Å². The average Bonchev–Trinajstić information content (AvgIpc) is 2.81. The molecule has 1 amide bonds. The molecule has 2 aromatic rings. The third-order valence-corrected chi connectivity index (χ3v) is 4.45. The van der Waals surface area contributed by atoms with Crippen LogP contribution in [0.4, 0.5) is 11.4 Å². The van der Waals surface area contributed by atoms with Crippen LogP contribution in [0.5, 0.6) is 0 Å². The molecule has 1 N–H and O–H groups in total. The molecule has 6 nitrogen and oxygen atoms in total. The van der Waals surface area contributed by atoms with E-state index in [1.54, 1.807) is 4.68 Å². The number of hydrogen-bond donors (Lipinski definition) is 1. The van der Waals surface area contributed by atoms with Gasteiger partial charge in [-0.3, -0.25) is 14.4 Å². The smallest absolute Gasteiger partial charge is 0.238 e. The Labute approximate surface area is 150 Å². The summed E-state index contributed by atoms with van der Waals surface area (Å²) in [6.45, 7) is 7.87. The number of hydrogen-bond acceptors (Lipinski definition) is 4. The van der Waals surface area contributed by atoms with Crippen molar-refractivity contribution in [1.82, 2.24) is 14.7 Å². The van der Waals surface area contributed by atoms with Gasteiger partial charge in [0.25, 0.3) is 0 Å². The summed E-state index contributed by atoms with van der Waals surface area (Å²) in [7, 11) is 5.94. The van der Waals surface area contributed by atoms with E-state index in [4.69, 9.17) is 0 Å². The van der Waals surface area contributed by atoms with Crippen LogP contribution in [-0.4, -0.2) is 47.8 Å². The quantitative estimate of drug-likeness (QED) is 0.839. The van der Waals surface area contributed by atoms with Crippen LogP contribution in [0.25, 0.3) is 0 Å². The second-order valence-electron chi connectivity index (χ2n) is 6.58. The molecule has 0 saturated carbocycles. The minimum atomic E-state index is -0.00837. The predicted molar refractivity (Wildman–Crippen MR) is 103 cm³/mol. The number of benzene rings is 1. The molecule has 0 radical (unpaired) electrons. The van der Waals surface area contributed by atoms with Gasteiger partial charge in [0.15, 0.2) is 0 Å². The fourth-order valence-electron chi connectivity index (χ4n) is 2.77. The number of likely N-dealkylation sites (N-methyl/N-ethyl adjacent to an activating group) is 1. The van der Waals surface area contributed by atoms with Gasteiger partial charge in [0, 0.05) is 33.4 Å². The third kappa shape index (κ3) is 4.82. The highest BCUT2D eigenvalue weighted by Gasteiger charge is 2.15. The van der Waals surface area contributed by atoms with E-state index in [1.807, 2.05) is 35.0 Å². The van der Waals surface area contributed by atoms with E-state index in [9.17, 15) is 4.79 Å². The zero-order valence-corrected chi connectivity index (χ0v) is 16.1.